The molecular formula is C18H18N6NaO5S2. The molecule has 14 heteroatoms. The van der Waals surface area contributed by atoms with E-state index in [9.17, 15) is 24.6 Å². The van der Waals surface area contributed by atoms with Gasteiger partial charge in [0, 0.05) is 48.1 Å². The first kappa shape index (κ1) is 24.7. The first-order chi connectivity index (χ1) is 14.9. The third kappa shape index (κ3) is 4.72. The zero-order valence-corrected chi connectivity index (χ0v) is 20.8. The average Bonchev–Trinajstić information content (AvgIpc) is 3.19. The van der Waals surface area contributed by atoms with Gasteiger partial charge in [0.05, 0.1) is 0 Å². The van der Waals surface area contributed by atoms with Gasteiger partial charge in [0.15, 0.2) is 6.10 Å². The fourth-order valence-electron chi connectivity index (χ4n) is 3.31. The molecule has 0 aliphatic carbocycles. The Morgan fingerprint density at radius 3 is 2.69 bits per heavy atom. The SMILES string of the molecule is Cn1nnnc1SCC1=C(C(=O)O)N2C(=O)C(NC(=O)C(O)c3ccccc3)C2SC1.[Na]. The fraction of sp³-hybridized carbons (Fsp3) is 0.333. The zero-order chi connectivity index (χ0) is 22.1. The molecule has 163 valence electrons. The van der Waals surface area contributed by atoms with Gasteiger partial charge in [0.25, 0.3) is 11.8 Å². The van der Waals surface area contributed by atoms with E-state index in [0.717, 1.165) is 0 Å². The van der Waals surface area contributed by atoms with Crippen molar-refractivity contribution in [2.45, 2.75) is 22.7 Å². The molecule has 0 bridgehead atoms. The molecular weight excluding hydrogens is 467 g/mol. The largest absolute Gasteiger partial charge is 0.477 e. The molecule has 3 heterocycles. The molecule has 4 rings (SSSR count). The molecule has 2 aliphatic rings. The van der Waals surface area contributed by atoms with E-state index in [4.69, 9.17) is 0 Å². The molecule has 1 aromatic heterocycles. The van der Waals surface area contributed by atoms with Crippen molar-refractivity contribution >= 4 is 70.9 Å². The number of aryl methyl sites for hydroxylation is 1. The molecule has 3 N–H and O–H groups in total. The molecule has 3 unspecified atom stereocenters. The van der Waals surface area contributed by atoms with Crippen molar-refractivity contribution in [2.24, 2.45) is 7.05 Å². The van der Waals surface area contributed by atoms with Crippen molar-refractivity contribution in [2.75, 3.05) is 11.5 Å². The number of amides is 2. The fourth-order valence-corrected chi connectivity index (χ4v) is 5.64. The molecule has 0 saturated carbocycles. The van der Waals surface area contributed by atoms with Gasteiger partial charge in [-0.25, -0.2) is 9.48 Å². The number of nitrogens with zero attached hydrogens (tertiary/aromatic N) is 5. The molecule has 1 aromatic carbocycles. The molecule has 3 atom stereocenters. The number of rotatable bonds is 7. The number of thioether (sulfide) groups is 2. The monoisotopic (exact) mass is 485 g/mol. The number of nitrogens with one attached hydrogen (secondary N) is 1. The van der Waals surface area contributed by atoms with Crippen LogP contribution in [0.5, 0.6) is 0 Å². The number of carbonyl (C=O) groups is 3. The van der Waals surface area contributed by atoms with Crippen molar-refractivity contribution in [1.82, 2.24) is 30.4 Å². The minimum absolute atomic E-state index is 0. The standard InChI is InChI=1S/C18H18N6O5S2.Na/c1-23-18(20-21-22-23)31-8-10-7-30-16-11(15(27)24(16)12(10)17(28)29)19-14(26)13(25)9-5-3-2-4-6-9;/h2-6,11,13,16,25H,7-8H2,1H3,(H,19,26)(H,28,29);. The van der Waals surface area contributed by atoms with E-state index >= 15 is 0 Å². The predicted octanol–water partition coefficient (Wildman–Crippen LogP) is -0.606. The quantitative estimate of drug-likeness (QED) is 0.263. The number of hydrogen-bond acceptors (Lipinski definition) is 9. The first-order valence-electron chi connectivity index (χ1n) is 9.17. The van der Waals surface area contributed by atoms with Crippen LogP contribution < -0.4 is 5.32 Å². The van der Waals surface area contributed by atoms with Crippen LogP contribution in [0.15, 0.2) is 46.8 Å². The number of aliphatic carboxylic acids is 1. The molecule has 2 aliphatic heterocycles. The van der Waals surface area contributed by atoms with Gasteiger partial charge in [-0.3, -0.25) is 14.5 Å². The zero-order valence-electron chi connectivity index (χ0n) is 17.2. The summed E-state index contributed by atoms with van der Waals surface area (Å²) in [4.78, 5) is 38.2. The minimum Gasteiger partial charge on any atom is -0.477 e. The second kappa shape index (κ2) is 10.4. The van der Waals surface area contributed by atoms with Gasteiger partial charge < -0.3 is 15.5 Å². The first-order valence-corrected chi connectivity index (χ1v) is 11.2. The van der Waals surface area contributed by atoms with E-state index < -0.39 is 35.3 Å². The Labute approximate surface area is 213 Å². The smallest absolute Gasteiger partial charge is 0.352 e. The Hall–Kier alpha value is -1.90. The number of carbonyl (C=O) groups excluding carboxylic acids is 2. The summed E-state index contributed by atoms with van der Waals surface area (Å²) in [7, 11) is 1.68. The number of carboxylic acids is 1. The molecule has 2 aromatic rings. The van der Waals surface area contributed by atoms with Crippen LogP contribution in [0, 0.1) is 0 Å². The maximum atomic E-state index is 12.7. The van der Waals surface area contributed by atoms with E-state index in [1.807, 2.05) is 0 Å². The van der Waals surface area contributed by atoms with E-state index in [2.05, 4.69) is 20.8 Å². The van der Waals surface area contributed by atoms with Gasteiger partial charge in [-0.1, -0.05) is 42.1 Å². The van der Waals surface area contributed by atoms with Crippen LogP contribution in [0.4, 0.5) is 0 Å². The molecule has 1 saturated heterocycles. The van der Waals surface area contributed by atoms with Crippen molar-refractivity contribution in [3.63, 3.8) is 0 Å². The van der Waals surface area contributed by atoms with Crippen molar-refractivity contribution in [3.05, 3.63) is 47.2 Å². The number of carboxylic acid groups (broad SMARTS) is 1. The van der Waals surface area contributed by atoms with E-state index in [1.54, 1.807) is 37.4 Å². The number of tetrazole rings is 1. The van der Waals surface area contributed by atoms with Gasteiger partial charge in [-0.15, -0.1) is 16.9 Å². The summed E-state index contributed by atoms with van der Waals surface area (Å²) in [5.41, 5.74) is 0.901. The molecule has 32 heavy (non-hydrogen) atoms. The third-order valence-corrected chi connectivity index (χ3v) is 7.30. The molecule has 11 nitrogen and oxygen atoms in total. The number of β-lactam (4-membered cyclic amide) rings is 1. The summed E-state index contributed by atoms with van der Waals surface area (Å²) >= 11 is 2.64. The number of fused-ring (bicyclic) bond motifs is 1. The molecule has 0 spiro atoms. The van der Waals surface area contributed by atoms with Crippen LogP contribution in [0.1, 0.15) is 11.7 Å². The van der Waals surface area contributed by atoms with Crippen LogP contribution in [-0.4, -0.2) is 106 Å². The summed E-state index contributed by atoms with van der Waals surface area (Å²) < 4.78 is 1.48. The summed E-state index contributed by atoms with van der Waals surface area (Å²) in [5.74, 6) is -1.75. The second-order valence-electron chi connectivity index (χ2n) is 6.84. The number of hydrogen-bond donors (Lipinski definition) is 3. The summed E-state index contributed by atoms with van der Waals surface area (Å²) in [6.07, 6.45) is -1.42. The van der Waals surface area contributed by atoms with Crippen LogP contribution in [-0.2, 0) is 21.4 Å². The van der Waals surface area contributed by atoms with Crippen molar-refractivity contribution < 1.29 is 24.6 Å². The van der Waals surface area contributed by atoms with Crippen LogP contribution in [0.25, 0.3) is 0 Å². The summed E-state index contributed by atoms with van der Waals surface area (Å²) in [6.45, 7) is 0. The van der Waals surface area contributed by atoms with E-state index in [0.29, 0.717) is 27.8 Å². The maximum Gasteiger partial charge on any atom is 0.352 e. The van der Waals surface area contributed by atoms with Gasteiger partial charge in [-0.2, -0.15) is 0 Å². The van der Waals surface area contributed by atoms with Crippen LogP contribution in [0.3, 0.4) is 0 Å². The molecule has 1 fully saturated rings. The normalized spacial score (nSPS) is 20.7. The van der Waals surface area contributed by atoms with Gasteiger partial charge in [0.2, 0.25) is 5.16 Å². The van der Waals surface area contributed by atoms with Crippen LogP contribution in [0.2, 0.25) is 0 Å². The number of aromatic nitrogens is 4. The van der Waals surface area contributed by atoms with Gasteiger partial charge in [0.1, 0.15) is 17.1 Å². The summed E-state index contributed by atoms with van der Waals surface area (Å²) in [6, 6.07) is 7.46. The van der Waals surface area contributed by atoms with Crippen LogP contribution >= 0.6 is 23.5 Å². The second-order valence-corrected chi connectivity index (χ2v) is 8.89. The number of aliphatic hydroxyl groups is 1. The average molecular weight is 486 g/mol. The Bertz CT molecular complexity index is 1070. The van der Waals surface area contributed by atoms with Gasteiger partial charge >= 0.3 is 5.97 Å². The maximum absolute atomic E-state index is 12.7. The molecule has 1 radical (unpaired) electrons. The van der Waals surface area contributed by atoms with Gasteiger partial charge in [-0.05, 0) is 21.6 Å². The molecule has 2 amide bonds. The number of aliphatic hydroxyl groups excluding tert-OH is 1. The Morgan fingerprint density at radius 1 is 1.34 bits per heavy atom. The Kier molecular flexibility index (Phi) is 8.01. The Balaban J connectivity index is 0.00000289. The van der Waals surface area contributed by atoms with Crippen molar-refractivity contribution in [1.29, 1.82) is 0 Å². The minimum atomic E-state index is -1.42. The Morgan fingerprint density at radius 2 is 2.06 bits per heavy atom. The topological polar surface area (TPSA) is 151 Å². The summed E-state index contributed by atoms with van der Waals surface area (Å²) in [5, 5.41) is 33.6. The van der Waals surface area contributed by atoms with E-state index in [-0.39, 0.29) is 35.3 Å². The number of benzene rings is 1. The predicted molar refractivity (Wildman–Crippen MR) is 116 cm³/mol. The third-order valence-electron chi connectivity index (χ3n) is 4.87. The van der Waals surface area contributed by atoms with E-state index in [1.165, 1.54) is 33.1 Å². The van der Waals surface area contributed by atoms with Crippen molar-refractivity contribution in [3.8, 4) is 0 Å².